The van der Waals surface area contributed by atoms with Crippen molar-refractivity contribution in [1.82, 2.24) is 15.5 Å². The molecule has 5 heteroatoms. The van der Waals surface area contributed by atoms with E-state index in [4.69, 9.17) is 9.73 Å². The van der Waals surface area contributed by atoms with Gasteiger partial charge in [-0.15, -0.1) is 0 Å². The zero-order valence-electron chi connectivity index (χ0n) is 17.3. The van der Waals surface area contributed by atoms with E-state index in [0.717, 1.165) is 58.3 Å². The highest BCUT2D eigenvalue weighted by Gasteiger charge is 2.42. The van der Waals surface area contributed by atoms with Crippen LogP contribution in [0.5, 0.6) is 0 Å². The third-order valence-corrected chi connectivity index (χ3v) is 5.85. The maximum absolute atomic E-state index is 5.49. The summed E-state index contributed by atoms with van der Waals surface area (Å²) in [6.07, 6.45) is 3.75. The number of morpholine rings is 1. The summed E-state index contributed by atoms with van der Waals surface area (Å²) in [7, 11) is 0. The van der Waals surface area contributed by atoms with E-state index < -0.39 is 0 Å². The first-order valence-electron chi connectivity index (χ1n) is 10.4. The largest absolute Gasteiger partial charge is 0.379 e. The Kier molecular flexibility index (Phi) is 6.77. The van der Waals surface area contributed by atoms with E-state index in [1.807, 2.05) is 0 Å². The number of hydrogen-bond donors (Lipinski definition) is 2. The average molecular weight is 373 g/mol. The lowest BCUT2D eigenvalue weighted by Crippen LogP contribution is -2.52. The van der Waals surface area contributed by atoms with Crippen LogP contribution in [-0.4, -0.2) is 62.3 Å². The van der Waals surface area contributed by atoms with Crippen LogP contribution in [0.25, 0.3) is 0 Å². The predicted octanol–water partition coefficient (Wildman–Crippen LogP) is 2.68. The molecule has 0 amide bonds. The zero-order chi connectivity index (χ0) is 19.2. The molecule has 150 valence electrons. The van der Waals surface area contributed by atoms with E-state index >= 15 is 0 Å². The first-order chi connectivity index (χ1) is 13.0. The molecule has 2 aliphatic rings. The van der Waals surface area contributed by atoms with Gasteiger partial charge in [0.25, 0.3) is 0 Å². The summed E-state index contributed by atoms with van der Waals surface area (Å²) in [6, 6.07) is 10.8. The normalized spacial score (nSPS) is 20.3. The van der Waals surface area contributed by atoms with Crippen LogP contribution in [0.4, 0.5) is 0 Å². The molecule has 0 unspecified atom stereocenters. The van der Waals surface area contributed by atoms with Gasteiger partial charge in [-0.2, -0.15) is 0 Å². The molecule has 2 N–H and O–H groups in total. The zero-order valence-corrected chi connectivity index (χ0v) is 17.3. The highest BCUT2D eigenvalue weighted by Crippen LogP contribution is 2.47. The molecular weight excluding hydrogens is 336 g/mol. The molecule has 1 heterocycles. The van der Waals surface area contributed by atoms with E-state index in [2.05, 4.69) is 66.6 Å². The highest BCUT2D eigenvalue weighted by molar-refractivity contribution is 5.79. The molecule has 2 fully saturated rings. The third-order valence-electron chi connectivity index (χ3n) is 5.85. The quantitative estimate of drug-likeness (QED) is 0.544. The van der Waals surface area contributed by atoms with Crippen LogP contribution in [0.2, 0.25) is 0 Å². The van der Waals surface area contributed by atoms with E-state index in [-0.39, 0.29) is 5.54 Å². The van der Waals surface area contributed by atoms with Gasteiger partial charge in [0.15, 0.2) is 5.96 Å². The number of nitrogens with zero attached hydrogens (tertiary/aromatic N) is 2. The third kappa shape index (κ3) is 5.94. The number of rotatable bonds is 8. The van der Waals surface area contributed by atoms with Crippen molar-refractivity contribution in [2.24, 2.45) is 10.4 Å². The Labute approximate surface area is 164 Å². The summed E-state index contributed by atoms with van der Waals surface area (Å²) in [6.45, 7) is 13.0. The molecule has 1 saturated heterocycles. The molecule has 5 nitrogen and oxygen atoms in total. The topological polar surface area (TPSA) is 48.9 Å². The van der Waals surface area contributed by atoms with Crippen molar-refractivity contribution in [2.45, 2.75) is 45.6 Å². The molecule has 1 aromatic carbocycles. The van der Waals surface area contributed by atoms with Gasteiger partial charge in [-0.1, -0.05) is 30.3 Å². The molecule has 1 saturated carbocycles. The lowest BCUT2D eigenvalue weighted by atomic mass is 9.96. The summed E-state index contributed by atoms with van der Waals surface area (Å²) in [5, 5.41) is 7.03. The number of benzene rings is 1. The number of guanidine groups is 1. The minimum atomic E-state index is 0.0490. The summed E-state index contributed by atoms with van der Waals surface area (Å²) in [5.41, 5.74) is 1.89. The fourth-order valence-electron chi connectivity index (χ4n) is 3.78. The van der Waals surface area contributed by atoms with E-state index in [1.54, 1.807) is 0 Å². The number of ether oxygens (including phenoxy) is 1. The Balaban J connectivity index is 1.54. The van der Waals surface area contributed by atoms with Crippen LogP contribution in [-0.2, 0) is 11.2 Å². The van der Waals surface area contributed by atoms with Crippen LogP contribution < -0.4 is 10.6 Å². The standard InChI is InChI=1S/C22H36N4O/c1-4-23-20(24-17-21(2,3)26-12-14-27-15-13-26)25-18-22(10-11-22)16-19-8-6-5-7-9-19/h5-9H,4,10-18H2,1-3H3,(H2,23,24,25). The van der Waals surface area contributed by atoms with Crippen LogP contribution in [0.15, 0.2) is 35.3 Å². The summed E-state index contributed by atoms with van der Waals surface area (Å²) in [5.74, 6) is 0.943. The van der Waals surface area contributed by atoms with Crippen molar-refractivity contribution in [3.63, 3.8) is 0 Å². The van der Waals surface area contributed by atoms with Gasteiger partial charge in [0, 0.05) is 31.7 Å². The second-order valence-electron chi connectivity index (χ2n) is 8.62. The molecule has 1 aromatic rings. The van der Waals surface area contributed by atoms with Gasteiger partial charge < -0.3 is 15.4 Å². The van der Waals surface area contributed by atoms with E-state index in [0.29, 0.717) is 5.41 Å². The lowest BCUT2D eigenvalue weighted by Gasteiger charge is -2.40. The van der Waals surface area contributed by atoms with Crippen molar-refractivity contribution in [2.75, 3.05) is 45.9 Å². The van der Waals surface area contributed by atoms with Crippen LogP contribution >= 0.6 is 0 Å². The van der Waals surface area contributed by atoms with Crippen LogP contribution in [0, 0.1) is 5.41 Å². The Bertz CT molecular complexity index is 604. The second kappa shape index (κ2) is 9.07. The van der Waals surface area contributed by atoms with E-state index in [1.165, 1.54) is 18.4 Å². The molecule has 1 aliphatic carbocycles. The second-order valence-corrected chi connectivity index (χ2v) is 8.62. The van der Waals surface area contributed by atoms with E-state index in [9.17, 15) is 0 Å². The first kappa shape index (κ1) is 20.2. The molecule has 0 atom stereocenters. The van der Waals surface area contributed by atoms with Crippen molar-refractivity contribution in [3.8, 4) is 0 Å². The Morgan fingerprint density at radius 3 is 2.48 bits per heavy atom. The Morgan fingerprint density at radius 2 is 1.85 bits per heavy atom. The van der Waals surface area contributed by atoms with Crippen molar-refractivity contribution in [3.05, 3.63) is 35.9 Å². The monoisotopic (exact) mass is 372 g/mol. The SMILES string of the molecule is CCNC(=NCC(C)(C)N1CCOCC1)NCC1(Cc2ccccc2)CC1. The van der Waals surface area contributed by atoms with Crippen molar-refractivity contribution >= 4 is 5.96 Å². The fourth-order valence-corrected chi connectivity index (χ4v) is 3.78. The highest BCUT2D eigenvalue weighted by atomic mass is 16.5. The Morgan fingerprint density at radius 1 is 1.15 bits per heavy atom. The lowest BCUT2D eigenvalue weighted by molar-refractivity contribution is -0.00684. The summed E-state index contributed by atoms with van der Waals surface area (Å²) < 4.78 is 5.49. The average Bonchev–Trinajstić information content (AvgIpc) is 3.45. The summed E-state index contributed by atoms with van der Waals surface area (Å²) in [4.78, 5) is 7.40. The minimum absolute atomic E-state index is 0.0490. The predicted molar refractivity (Wildman–Crippen MR) is 112 cm³/mol. The van der Waals surface area contributed by atoms with Crippen molar-refractivity contribution < 1.29 is 4.74 Å². The van der Waals surface area contributed by atoms with Crippen molar-refractivity contribution in [1.29, 1.82) is 0 Å². The van der Waals surface area contributed by atoms with Gasteiger partial charge in [-0.05, 0) is 51.0 Å². The number of aliphatic imine (C=N–C) groups is 1. The molecule has 3 rings (SSSR count). The molecule has 0 spiro atoms. The van der Waals surface area contributed by atoms with Gasteiger partial charge in [0.2, 0.25) is 0 Å². The smallest absolute Gasteiger partial charge is 0.191 e. The van der Waals surface area contributed by atoms with Gasteiger partial charge >= 0.3 is 0 Å². The molecule has 0 aromatic heterocycles. The Hall–Kier alpha value is -1.59. The maximum atomic E-state index is 5.49. The number of nitrogens with one attached hydrogen (secondary N) is 2. The van der Waals surface area contributed by atoms with Gasteiger partial charge in [-0.25, -0.2) is 0 Å². The molecular formula is C22H36N4O. The van der Waals surface area contributed by atoms with Gasteiger partial charge in [0.05, 0.1) is 19.8 Å². The molecule has 27 heavy (non-hydrogen) atoms. The fraction of sp³-hybridized carbons (Fsp3) is 0.682. The molecule has 0 radical (unpaired) electrons. The minimum Gasteiger partial charge on any atom is -0.379 e. The number of hydrogen-bond acceptors (Lipinski definition) is 3. The van der Waals surface area contributed by atoms with Crippen LogP contribution in [0.3, 0.4) is 0 Å². The maximum Gasteiger partial charge on any atom is 0.191 e. The molecule has 0 bridgehead atoms. The van der Waals surface area contributed by atoms with Gasteiger partial charge in [0.1, 0.15) is 0 Å². The first-order valence-corrected chi connectivity index (χ1v) is 10.4. The van der Waals surface area contributed by atoms with Gasteiger partial charge in [-0.3, -0.25) is 9.89 Å². The molecule has 1 aliphatic heterocycles. The van der Waals surface area contributed by atoms with Crippen LogP contribution in [0.1, 0.15) is 39.2 Å². The summed E-state index contributed by atoms with van der Waals surface area (Å²) >= 11 is 0.